The number of nitrogens with zero attached hydrogens (tertiary/aromatic N) is 1. The second-order valence-electron chi connectivity index (χ2n) is 2.60. The van der Waals surface area contributed by atoms with Crippen molar-refractivity contribution in [2.45, 2.75) is 0 Å². The van der Waals surface area contributed by atoms with Crippen LogP contribution in [0, 0.1) is 0 Å². The van der Waals surface area contributed by atoms with Crippen LogP contribution in [0.3, 0.4) is 0 Å². The Kier molecular flexibility index (Phi) is 3.26. The lowest BCUT2D eigenvalue weighted by Crippen LogP contribution is -2.25. The minimum Gasteiger partial charge on any atom is -0.274 e. The van der Waals surface area contributed by atoms with Crippen molar-refractivity contribution in [1.82, 2.24) is 0 Å². The SMILES string of the molecule is CS(=O)(=O)N(O)c1cc(Cl)ccc1Cl. The number of rotatable bonds is 2. The number of hydrogen-bond donors (Lipinski definition) is 1. The molecular weight excluding hydrogens is 249 g/mol. The molecule has 0 aliphatic rings. The van der Waals surface area contributed by atoms with Crippen LogP contribution in [0.4, 0.5) is 5.69 Å². The molecule has 78 valence electrons. The molecule has 4 nitrogen and oxygen atoms in total. The lowest BCUT2D eigenvalue weighted by Gasteiger charge is -2.15. The summed E-state index contributed by atoms with van der Waals surface area (Å²) < 4.78 is 22.0. The summed E-state index contributed by atoms with van der Waals surface area (Å²) in [6, 6.07) is 4.14. The summed E-state index contributed by atoms with van der Waals surface area (Å²) in [7, 11) is -3.75. The molecule has 0 bridgehead atoms. The molecule has 0 aliphatic carbocycles. The lowest BCUT2D eigenvalue weighted by molar-refractivity contribution is 0.317. The average Bonchev–Trinajstić information content (AvgIpc) is 2.06. The van der Waals surface area contributed by atoms with Crippen LogP contribution >= 0.6 is 23.2 Å². The molecule has 0 saturated carbocycles. The van der Waals surface area contributed by atoms with E-state index in [9.17, 15) is 13.6 Å². The Balaban J connectivity index is 3.26. The molecule has 0 radical (unpaired) electrons. The second-order valence-corrected chi connectivity index (χ2v) is 5.26. The van der Waals surface area contributed by atoms with E-state index < -0.39 is 10.0 Å². The van der Waals surface area contributed by atoms with E-state index in [1.54, 1.807) is 0 Å². The molecule has 1 N–H and O–H groups in total. The topological polar surface area (TPSA) is 57.6 Å². The number of benzene rings is 1. The van der Waals surface area contributed by atoms with Crippen LogP contribution in [0.5, 0.6) is 0 Å². The first-order valence-corrected chi connectivity index (χ1v) is 6.07. The van der Waals surface area contributed by atoms with E-state index in [1.165, 1.54) is 18.2 Å². The molecule has 1 aromatic carbocycles. The molecule has 0 aliphatic heterocycles. The smallest absolute Gasteiger partial charge is 0.254 e. The maximum atomic E-state index is 11.0. The maximum absolute atomic E-state index is 11.0. The minimum absolute atomic E-state index is 0.0679. The van der Waals surface area contributed by atoms with E-state index in [0.717, 1.165) is 6.26 Å². The molecule has 0 amide bonds. The third kappa shape index (κ3) is 2.51. The van der Waals surface area contributed by atoms with Gasteiger partial charge in [-0.25, -0.2) is 8.42 Å². The fourth-order valence-corrected chi connectivity index (χ4v) is 1.73. The molecule has 0 saturated heterocycles. The fraction of sp³-hybridized carbons (Fsp3) is 0.143. The van der Waals surface area contributed by atoms with E-state index in [4.69, 9.17) is 23.2 Å². The number of anilines is 1. The van der Waals surface area contributed by atoms with Gasteiger partial charge in [-0.05, 0) is 18.2 Å². The average molecular weight is 256 g/mol. The summed E-state index contributed by atoms with van der Waals surface area (Å²) in [5.41, 5.74) is -0.0679. The van der Waals surface area contributed by atoms with E-state index >= 15 is 0 Å². The van der Waals surface area contributed by atoms with Crippen LogP contribution in [0.15, 0.2) is 18.2 Å². The molecule has 1 aromatic rings. The van der Waals surface area contributed by atoms with Gasteiger partial charge in [-0.2, -0.15) is 0 Å². The molecule has 14 heavy (non-hydrogen) atoms. The normalized spacial score (nSPS) is 11.4. The monoisotopic (exact) mass is 255 g/mol. The summed E-state index contributed by atoms with van der Waals surface area (Å²) >= 11 is 11.3. The third-order valence-electron chi connectivity index (χ3n) is 1.43. The third-order valence-corrected chi connectivity index (χ3v) is 2.81. The first kappa shape index (κ1) is 11.6. The van der Waals surface area contributed by atoms with E-state index in [1.807, 2.05) is 0 Å². The van der Waals surface area contributed by atoms with Gasteiger partial charge in [0.05, 0.1) is 11.3 Å². The predicted octanol–water partition coefficient (Wildman–Crippen LogP) is 2.15. The molecule has 0 unspecified atom stereocenters. The minimum atomic E-state index is -3.75. The van der Waals surface area contributed by atoms with Crippen molar-refractivity contribution < 1.29 is 13.6 Å². The van der Waals surface area contributed by atoms with Gasteiger partial charge in [-0.1, -0.05) is 23.2 Å². The first-order chi connectivity index (χ1) is 6.32. The standard InChI is InChI=1S/C7H7Cl2NO3S/c1-14(12,13)10(11)7-4-5(8)2-3-6(7)9/h2-4,11H,1H3. The highest BCUT2D eigenvalue weighted by Gasteiger charge is 2.17. The quantitative estimate of drug-likeness (QED) is 0.825. The molecule has 0 fully saturated rings. The predicted molar refractivity (Wildman–Crippen MR) is 55.6 cm³/mol. The molecule has 7 heteroatoms. The van der Waals surface area contributed by atoms with E-state index in [0.29, 0.717) is 0 Å². The highest BCUT2D eigenvalue weighted by Crippen LogP contribution is 2.29. The van der Waals surface area contributed by atoms with Gasteiger partial charge >= 0.3 is 0 Å². The first-order valence-electron chi connectivity index (χ1n) is 3.46. The summed E-state index contributed by atoms with van der Waals surface area (Å²) in [4.78, 5) is 0. The highest BCUT2D eigenvalue weighted by atomic mass is 35.5. The van der Waals surface area contributed by atoms with Crippen LogP contribution in [0.2, 0.25) is 10.0 Å². The number of hydrogen-bond acceptors (Lipinski definition) is 3. The van der Waals surface area contributed by atoms with E-state index in [-0.39, 0.29) is 20.2 Å². The Bertz CT molecular complexity index is 446. The van der Waals surface area contributed by atoms with E-state index in [2.05, 4.69) is 0 Å². The Morgan fingerprint density at radius 3 is 2.43 bits per heavy atom. The zero-order valence-electron chi connectivity index (χ0n) is 7.11. The van der Waals surface area contributed by atoms with Crippen molar-refractivity contribution in [1.29, 1.82) is 0 Å². The maximum Gasteiger partial charge on any atom is 0.254 e. The molecule has 0 heterocycles. The van der Waals surface area contributed by atoms with Gasteiger partial charge in [0.2, 0.25) is 0 Å². The van der Waals surface area contributed by atoms with Crippen molar-refractivity contribution in [2.75, 3.05) is 10.7 Å². The Morgan fingerprint density at radius 1 is 1.36 bits per heavy atom. The summed E-state index contributed by atoms with van der Waals surface area (Å²) in [6.45, 7) is 0. The van der Waals surface area contributed by atoms with Crippen molar-refractivity contribution >= 4 is 38.9 Å². The van der Waals surface area contributed by atoms with Gasteiger partial charge in [-0.3, -0.25) is 5.21 Å². The van der Waals surface area contributed by atoms with Crippen molar-refractivity contribution in [2.24, 2.45) is 0 Å². The van der Waals surface area contributed by atoms with Gasteiger partial charge in [0.25, 0.3) is 10.0 Å². The zero-order chi connectivity index (χ0) is 10.9. The number of sulfonamides is 1. The van der Waals surface area contributed by atoms with Crippen LogP contribution in [0.1, 0.15) is 0 Å². The van der Waals surface area contributed by atoms with Gasteiger partial charge in [0.15, 0.2) is 0 Å². The van der Waals surface area contributed by atoms with Gasteiger partial charge in [-0.15, -0.1) is 4.47 Å². The van der Waals surface area contributed by atoms with Gasteiger partial charge in [0.1, 0.15) is 5.69 Å². The van der Waals surface area contributed by atoms with Gasteiger partial charge < -0.3 is 0 Å². The summed E-state index contributed by atoms with van der Waals surface area (Å²) in [6.07, 6.45) is 0.851. The highest BCUT2D eigenvalue weighted by molar-refractivity contribution is 7.91. The molecule has 0 aromatic heterocycles. The van der Waals surface area contributed by atoms with Crippen LogP contribution in [-0.4, -0.2) is 19.9 Å². The van der Waals surface area contributed by atoms with Crippen LogP contribution < -0.4 is 4.47 Å². The Hall–Kier alpha value is -0.490. The molecule has 1 rings (SSSR count). The number of halogens is 2. The van der Waals surface area contributed by atoms with Crippen LogP contribution in [0.25, 0.3) is 0 Å². The Morgan fingerprint density at radius 2 is 1.93 bits per heavy atom. The summed E-state index contributed by atoms with van der Waals surface area (Å²) in [5.74, 6) is 0. The van der Waals surface area contributed by atoms with Gasteiger partial charge in [0, 0.05) is 5.02 Å². The Labute approximate surface area is 91.7 Å². The summed E-state index contributed by atoms with van der Waals surface area (Å²) in [5, 5.41) is 9.65. The fourth-order valence-electron chi connectivity index (χ4n) is 0.811. The molecule has 0 spiro atoms. The van der Waals surface area contributed by atoms with Crippen molar-refractivity contribution in [3.05, 3.63) is 28.2 Å². The molecular formula is C7H7Cl2NO3S. The zero-order valence-corrected chi connectivity index (χ0v) is 9.44. The van der Waals surface area contributed by atoms with Crippen molar-refractivity contribution in [3.8, 4) is 0 Å². The molecule has 0 atom stereocenters. The van der Waals surface area contributed by atoms with Crippen molar-refractivity contribution in [3.63, 3.8) is 0 Å². The lowest BCUT2D eigenvalue weighted by atomic mass is 10.3. The second kappa shape index (κ2) is 3.94. The largest absolute Gasteiger partial charge is 0.274 e. The van der Waals surface area contributed by atoms with Crippen LogP contribution in [-0.2, 0) is 10.0 Å².